The van der Waals surface area contributed by atoms with Crippen molar-refractivity contribution in [2.45, 2.75) is 55.4 Å². The van der Waals surface area contributed by atoms with E-state index in [1.165, 1.54) is 10.2 Å². The van der Waals surface area contributed by atoms with Crippen molar-refractivity contribution in [2.75, 3.05) is 0 Å². The average molecular weight is 525 g/mol. The molecule has 2 N–H and O–H groups in total. The van der Waals surface area contributed by atoms with E-state index in [1.54, 1.807) is 36.5 Å². The lowest BCUT2D eigenvalue weighted by Crippen LogP contribution is -2.37. The molecule has 0 bridgehead atoms. The lowest BCUT2D eigenvalue weighted by molar-refractivity contribution is 0.188. The first-order valence-corrected chi connectivity index (χ1v) is 17.0. The third-order valence-electron chi connectivity index (χ3n) is 7.85. The molecule has 188 valence electrons. The molecular formula is C24H28N6O4SSi. The molecular weight excluding hydrogens is 496 g/mol. The molecule has 10 nitrogen and oxygen atoms in total. The molecule has 2 saturated carbocycles. The van der Waals surface area contributed by atoms with Crippen LogP contribution >= 0.6 is 0 Å². The molecule has 12 heteroatoms. The van der Waals surface area contributed by atoms with Crippen LogP contribution in [0.15, 0.2) is 47.6 Å². The van der Waals surface area contributed by atoms with Crippen molar-refractivity contribution in [1.29, 1.82) is 0 Å². The molecule has 2 aliphatic rings. The van der Waals surface area contributed by atoms with Crippen LogP contribution in [0.1, 0.15) is 23.7 Å². The van der Waals surface area contributed by atoms with E-state index >= 15 is 0 Å². The van der Waals surface area contributed by atoms with Crippen molar-refractivity contribution in [3.05, 3.63) is 54.1 Å². The van der Waals surface area contributed by atoms with Crippen LogP contribution in [0.2, 0.25) is 25.2 Å². The second kappa shape index (κ2) is 7.62. The minimum Gasteiger partial charge on any atom is -0.465 e. The van der Waals surface area contributed by atoms with Gasteiger partial charge in [0.1, 0.15) is 5.82 Å². The molecule has 0 aliphatic heterocycles. The fourth-order valence-electron chi connectivity index (χ4n) is 6.44. The van der Waals surface area contributed by atoms with Crippen LogP contribution in [0.4, 0.5) is 4.79 Å². The number of hydrogen-bond donors (Lipinski definition) is 2. The van der Waals surface area contributed by atoms with Crippen LogP contribution in [-0.2, 0) is 10.0 Å². The Morgan fingerprint density at radius 1 is 1.11 bits per heavy atom. The fraction of sp³-hybridized carbons (Fsp3) is 0.417. The number of hydrogen-bond acceptors (Lipinski definition) is 6. The second-order valence-electron chi connectivity index (χ2n) is 11.1. The maximum absolute atomic E-state index is 13.4. The quantitative estimate of drug-likeness (QED) is 0.381. The molecule has 36 heavy (non-hydrogen) atoms. The van der Waals surface area contributed by atoms with Gasteiger partial charge in [0.15, 0.2) is 11.3 Å². The Balaban J connectivity index is 1.46. The van der Waals surface area contributed by atoms with E-state index in [1.807, 2.05) is 11.3 Å². The first-order valence-electron chi connectivity index (χ1n) is 12.0. The van der Waals surface area contributed by atoms with Gasteiger partial charge in [-0.25, -0.2) is 22.2 Å². The highest BCUT2D eigenvalue weighted by molar-refractivity contribution is 7.90. The minimum atomic E-state index is -3.85. The predicted molar refractivity (Wildman–Crippen MR) is 136 cm³/mol. The molecule has 6 rings (SSSR count). The molecule has 1 amide bonds. The van der Waals surface area contributed by atoms with Gasteiger partial charge in [-0.1, -0.05) is 37.3 Å². The van der Waals surface area contributed by atoms with E-state index < -0.39 is 24.2 Å². The number of benzene rings is 1. The minimum absolute atomic E-state index is 0.0289. The first-order chi connectivity index (χ1) is 17.0. The van der Waals surface area contributed by atoms with Gasteiger partial charge in [0, 0.05) is 26.2 Å². The van der Waals surface area contributed by atoms with E-state index in [2.05, 4.69) is 40.1 Å². The molecule has 0 saturated heterocycles. The Bertz CT molecular complexity index is 1620. The SMILES string of the molecule is Cc1ccc(S(=O)(=O)n2ccc3c2ncc2nnc([C@H]4C[C@@H](NC(=O)O)[C@@H]5C([Si](C)(C)C)[C@@H]54)n23)cc1. The Morgan fingerprint density at radius 2 is 1.83 bits per heavy atom. The van der Waals surface area contributed by atoms with E-state index in [0.717, 1.165) is 11.4 Å². The highest BCUT2D eigenvalue weighted by Crippen LogP contribution is 2.70. The van der Waals surface area contributed by atoms with Gasteiger partial charge in [0.2, 0.25) is 0 Å². The Hall–Kier alpha value is -3.25. The van der Waals surface area contributed by atoms with Crippen LogP contribution < -0.4 is 5.32 Å². The summed E-state index contributed by atoms with van der Waals surface area (Å²) in [6, 6.07) is 8.34. The molecule has 3 heterocycles. The lowest BCUT2D eigenvalue weighted by Gasteiger charge is -2.25. The zero-order valence-corrected chi connectivity index (χ0v) is 22.3. The van der Waals surface area contributed by atoms with Crippen LogP contribution in [-0.4, -0.2) is 57.3 Å². The number of aryl methyl sites for hydroxylation is 1. The van der Waals surface area contributed by atoms with E-state index in [0.29, 0.717) is 40.6 Å². The third kappa shape index (κ3) is 3.38. The van der Waals surface area contributed by atoms with Gasteiger partial charge in [0.05, 0.1) is 16.6 Å². The topological polar surface area (TPSA) is 131 Å². The van der Waals surface area contributed by atoms with Crippen LogP contribution in [0, 0.1) is 18.8 Å². The highest BCUT2D eigenvalue weighted by atomic mass is 32.2. The maximum Gasteiger partial charge on any atom is 0.404 e. The number of rotatable bonds is 5. The number of amides is 1. The molecule has 0 radical (unpaired) electrons. The van der Waals surface area contributed by atoms with E-state index in [9.17, 15) is 18.3 Å². The van der Waals surface area contributed by atoms with Gasteiger partial charge in [-0.2, -0.15) is 0 Å². The summed E-state index contributed by atoms with van der Waals surface area (Å²) < 4.78 is 29.9. The Kier molecular flexibility index (Phi) is 4.90. The molecule has 0 spiro atoms. The molecule has 3 aromatic heterocycles. The van der Waals surface area contributed by atoms with Crippen LogP contribution in [0.25, 0.3) is 16.8 Å². The number of carbonyl (C=O) groups is 1. The summed E-state index contributed by atoms with van der Waals surface area (Å²) in [5, 5.41) is 21.0. The Labute approximate surface area is 209 Å². The van der Waals surface area contributed by atoms with Gasteiger partial charge in [-0.3, -0.25) is 4.40 Å². The monoisotopic (exact) mass is 524 g/mol. The Morgan fingerprint density at radius 3 is 2.50 bits per heavy atom. The summed E-state index contributed by atoms with van der Waals surface area (Å²) in [7, 11) is -5.38. The van der Waals surface area contributed by atoms with Crippen molar-refractivity contribution in [3.63, 3.8) is 0 Å². The summed E-state index contributed by atoms with van der Waals surface area (Å²) in [4.78, 5) is 16.1. The largest absolute Gasteiger partial charge is 0.465 e. The second-order valence-corrected chi connectivity index (χ2v) is 18.3. The van der Waals surface area contributed by atoms with Crippen molar-refractivity contribution in [2.24, 2.45) is 11.8 Å². The maximum atomic E-state index is 13.4. The van der Waals surface area contributed by atoms with Gasteiger partial charge in [-0.15, -0.1) is 10.2 Å². The smallest absolute Gasteiger partial charge is 0.404 e. The van der Waals surface area contributed by atoms with Gasteiger partial charge in [0.25, 0.3) is 10.0 Å². The van der Waals surface area contributed by atoms with Gasteiger partial charge < -0.3 is 10.4 Å². The molecule has 5 atom stereocenters. The fourth-order valence-corrected chi connectivity index (χ4v) is 10.8. The van der Waals surface area contributed by atoms with Crippen molar-refractivity contribution in [1.82, 2.24) is 28.9 Å². The van der Waals surface area contributed by atoms with Crippen molar-refractivity contribution < 1.29 is 18.3 Å². The van der Waals surface area contributed by atoms with Crippen LogP contribution in [0.5, 0.6) is 0 Å². The molecule has 2 fully saturated rings. The third-order valence-corrected chi connectivity index (χ3v) is 12.3. The zero-order chi connectivity index (χ0) is 25.6. The molecule has 1 unspecified atom stereocenters. The summed E-state index contributed by atoms with van der Waals surface area (Å²) in [6.07, 6.45) is 2.71. The molecule has 2 aliphatic carbocycles. The van der Waals surface area contributed by atoms with Crippen LogP contribution in [0.3, 0.4) is 0 Å². The number of fused-ring (bicyclic) bond motifs is 4. The first kappa shape index (κ1) is 23.2. The molecule has 1 aromatic carbocycles. The lowest BCUT2D eigenvalue weighted by atomic mass is 10.0. The van der Waals surface area contributed by atoms with Gasteiger partial charge >= 0.3 is 6.09 Å². The summed E-state index contributed by atoms with van der Waals surface area (Å²) >= 11 is 0. The van der Waals surface area contributed by atoms with E-state index in [4.69, 9.17) is 0 Å². The number of aromatic nitrogens is 5. The number of nitrogens with zero attached hydrogens (tertiary/aromatic N) is 5. The average Bonchev–Trinajstić information content (AvgIpc) is 3.06. The normalized spacial score (nSPS) is 25.8. The number of nitrogens with one attached hydrogen (secondary N) is 1. The van der Waals surface area contributed by atoms with Crippen molar-refractivity contribution >= 4 is 41.0 Å². The van der Waals surface area contributed by atoms with Crippen molar-refractivity contribution in [3.8, 4) is 0 Å². The summed E-state index contributed by atoms with van der Waals surface area (Å²) in [6.45, 7) is 8.88. The summed E-state index contributed by atoms with van der Waals surface area (Å²) in [5.41, 5.74) is 2.92. The standard InChI is InChI=1S/C24H28N6O4SSi/c1-13-5-7-14(8-6-13)35(33,34)29-10-9-17-23(29)25-12-18-27-28-22(30(17)18)15-11-16(26-24(31)32)20-19(15)21(20)36(2,3)4/h5-10,12,15-16,19-21,26H,11H2,1-4H3,(H,31,32)/t15-,16+,19+,20-,21?/m0/s1. The van der Waals surface area contributed by atoms with E-state index in [-0.39, 0.29) is 16.9 Å². The zero-order valence-electron chi connectivity index (χ0n) is 20.5. The highest BCUT2D eigenvalue weighted by Gasteiger charge is 2.67. The predicted octanol–water partition coefficient (Wildman–Crippen LogP) is 3.70. The molecule has 4 aromatic rings. The summed E-state index contributed by atoms with van der Waals surface area (Å²) in [5.74, 6) is 1.41. The number of carboxylic acid groups (broad SMARTS) is 1. The van der Waals surface area contributed by atoms with Gasteiger partial charge in [-0.05, 0) is 48.9 Å².